The van der Waals surface area contributed by atoms with E-state index in [9.17, 15) is 10.2 Å². The smallest absolute Gasteiger partial charge is 0.117 e. The van der Waals surface area contributed by atoms with Gasteiger partial charge in [0.2, 0.25) is 0 Å². The normalized spacial score (nSPS) is 15.1. The molecule has 0 heterocycles. The van der Waals surface area contributed by atoms with Crippen LogP contribution in [-0.4, -0.2) is 16.3 Å². The van der Waals surface area contributed by atoms with Crippen molar-refractivity contribution in [3.63, 3.8) is 0 Å². The number of nitrogens with two attached hydrogens (primary N) is 1. The maximum atomic E-state index is 9.74. The van der Waals surface area contributed by atoms with E-state index in [4.69, 9.17) is 17.3 Å². The number of aliphatic hydroxyl groups is 1. The predicted octanol–water partition coefficient (Wildman–Crippen LogP) is 1.82. The summed E-state index contributed by atoms with van der Waals surface area (Å²) in [5, 5.41) is 19.4. The van der Waals surface area contributed by atoms with Crippen LogP contribution in [0.4, 0.5) is 0 Å². The molecule has 0 amide bonds. The van der Waals surface area contributed by atoms with Crippen LogP contribution in [0.5, 0.6) is 5.75 Å². The van der Waals surface area contributed by atoms with Gasteiger partial charge < -0.3 is 15.9 Å². The predicted molar refractivity (Wildman–Crippen MR) is 56.3 cm³/mol. The zero-order chi connectivity index (χ0) is 10.7. The first kappa shape index (κ1) is 11.3. The molecule has 2 unspecified atom stereocenters. The highest BCUT2D eigenvalue weighted by Crippen LogP contribution is 2.25. The highest BCUT2D eigenvalue weighted by atomic mass is 35.5. The highest BCUT2D eigenvalue weighted by Gasteiger charge is 2.16. The second-order valence-corrected chi connectivity index (χ2v) is 3.70. The Kier molecular flexibility index (Phi) is 3.75. The number of hydrogen-bond donors (Lipinski definition) is 3. The van der Waals surface area contributed by atoms with Crippen molar-refractivity contribution in [3.05, 3.63) is 28.8 Å². The van der Waals surface area contributed by atoms with Gasteiger partial charge in [-0.3, -0.25) is 0 Å². The number of halogens is 1. The third kappa shape index (κ3) is 2.61. The second kappa shape index (κ2) is 4.64. The first-order chi connectivity index (χ1) is 6.54. The van der Waals surface area contributed by atoms with Gasteiger partial charge >= 0.3 is 0 Å². The number of rotatable bonds is 3. The lowest BCUT2D eigenvalue weighted by atomic mass is 10.0. The second-order valence-electron chi connectivity index (χ2n) is 3.26. The lowest BCUT2D eigenvalue weighted by molar-refractivity contribution is 0.144. The lowest BCUT2D eigenvalue weighted by Crippen LogP contribution is -2.27. The summed E-state index contributed by atoms with van der Waals surface area (Å²) in [6.07, 6.45) is -0.126. The maximum Gasteiger partial charge on any atom is 0.117 e. The fourth-order valence-corrected chi connectivity index (χ4v) is 1.48. The van der Waals surface area contributed by atoms with Crippen molar-refractivity contribution in [3.8, 4) is 5.75 Å². The standard InChI is InChI=1S/C10H14ClNO2/c1-2-9(12)10(14)6-3-7(11)5-8(13)4-6/h3-5,9-10,13-14H,2,12H2,1H3. The zero-order valence-corrected chi connectivity index (χ0v) is 8.70. The third-order valence-electron chi connectivity index (χ3n) is 2.12. The fourth-order valence-electron chi connectivity index (χ4n) is 1.24. The van der Waals surface area contributed by atoms with Crippen molar-refractivity contribution in [2.75, 3.05) is 0 Å². The first-order valence-corrected chi connectivity index (χ1v) is 4.85. The number of phenols is 1. The summed E-state index contributed by atoms with van der Waals surface area (Å²) in [5.74, 6) is 0.0369. The highest BCUT2D eigenvalue weighted by molar-refractivity contribution is 6.30. The number of phenolic OH excluding ortho intramolecular Hbond substituents is 1. The lowest BCUT2D eigenvalue weighted by Gasteiger charge is -2.17. The molecule has 0 saturated heterocycles. The van der Waals surface area contributed by atoms with Crippen LogP contribution in [0.15, 0.2) is 18.2 Å². The number of benzene rings is 1. The van der Waals surface area contributed by atoms with E-state index in [1.165, 1.54) is 12.1 Å². The molecular weight excluding hydrogens is 202 g/mol. The van der Waals surface area contributed by atoms with Crippen LogP contribution in [0.2, 0.25) is 5.02 Å². The Hall–Kier alpha value is -0.770. The minimum Gasteiger partial charge on any atom is -0.508 e. The van der Waals surface area contributed by atoms with E-state index in [-0.39, 0.29) is 11.8 Å². The quantitative estimate of drug-likeness (QED) is 0.721. The molecule has 14 heavy (non-hydrogen) atoms. The topological polar surface area (TPSA) is 66.5 Å². The van der Waals surface area contributed by atoms with Gasteiger partial charge in [0.05, 0.1) is 6.10 Å². The SMILES string of the molecule is CCC(N)C(O)c1cc(O)cc(Cl)c1. The van der Waals surface area contributed by atoms with E-state index in [2.05, 4.69) is 0 Å². The summed E-state index contributed by atoms with van der Waals surface area (Å²) in [6, 6.07) is 4.14. The van der Waals surface area contributed by atoms with E-state index in [1.807, 2.05) is 6.92 Å². The van der Waals surface area contributed by atoms with Crippen LogP contribution in [-0.2, 0) is 0 Å². The van der Waals surface area contributed by atoms with Crippen LogP contribution >= 0.6 is 11.6 Å². The molecule has 0 bridgehead atoms. The van der Waals surface area contributed by atoms with Crippen LogP contribution in [0, 0.1) is 0 Å². The van der Waals surface area contributed by atoms with E-state index < -0.39 is 6.10 Å². The molecule has 0 fully saturated rings. The number of hydrogen-bond acceptors (Lipinski definition) is 3. The van der Waals surface area contributed by atoms with Crippen molar-refractivity contribution in [2.45, 2.75) is 25.5 Å². The van der Waals surface area contributed by atoms with Crippen molar-refractivity contribution in [1.82, 2.24) is 0 Å². The summed E-state index contributed by atoms with van der Waals surface area (Å²) < 4.78 is 0. The number of aliphatic hydroxyl groups excluding tert-OH is 1. The third-order valence-corrected chi connectivity index (χ3v) is 2.34. The van der Waals surface area contributed by atoms with Gasteiger partial charge in [0, 0.05) is 11.1 Å². The first-order valence-electron chi connectivity index (χ1n) is 4.47. The van der Waals surface area contributed by atoms with Gasteiger partial charge in [-0.05, 0) is 30.2 Å². The molecule has 0 saturated carbocycles. The van der Waals surface area contributed by atoms with E-state index in [1.54, 1.807) is 6.07 Å². The Morgan fingerprint density at radius 2 is 2.07 bits per heavy atom. The van der Waals surface area contributed by atoms with Crippen molar-refractivity contribution >= 4 is 11.6 Å². The Labute approximate surface area is 88.1 Å². The average molecular weight is 216 g/mol. The molecule has 1 aromatic carbocycles. The fraction of sp³-hybridized carbons (Fsp3) is 0.400. The molecule has 1 aromatic rings. The van der Waals surface area contributed by atoms with Crippen LogP contribution in [0.3, 0.4) is 0 Å². The van der Waals surface area contributed by atoms with Gasteiger partial charge in [0.15, 0.2) is 0 Å². The van der Waals surface area contributed by atoms with Crippen molar-refractivity contribution in [1.29, 1.82) is 0 Å². The molecule has 4 N–H and O–H groups in total. The van der Waals surface area contributed by atoms with Gasteiger partial charge in [-0.15, -0.1) is 0 Å². The Balaban J connectivity index is 2.94. The van der Waals surface area contributed by atoms with Gasteiger partial charge in [0.25, 0.3) is 0 Å². The van der Waals surface area contributed by atoms with Gasteiger partial charge in [-0.2, -0.15) is 0 Å². The van der Waals surface area contributed by atoms with Crippen molar-refractivity contribution in [2.24, 2.45) is 5.73 Å². The Bertz CT molecular complexity index is 297. The molecule has 0 spiro atoms. The van der Waals surface area contributed by atoms with Crippen LogP contribution in [0.25, 0.3) is 0 Å². The van der Waals surface area contributed by atoms with Gasteiger partial charge in [-0.25, -0.2) is 0 Å². The maximum absolute atomic E-state index is 9.74. The molecule has 0 aliphatic carbocycles. The molecule has 0 radical (unpaired) electrons. The molecular formula is C10H14ClNO2. The largest absolute Gasteiger partial charge is 0.508 e. The summed E-state index contributed by atoms with van der Waals surface area (Å²) in [7, 11) is 0. The summed E-state index contributed by atoms with van der Waals surface area (Å²) >= 11 is 5.73. The van der Waals surface area contributed by atoms with Crippen molar-refractivity contribution < 1.29 is 10.2 Å². The summed E-state index contributed by atoms with van der Waals surface area (Å²) in [6.45, 7) is 1.89. The molecule has 1 rings (SSSR count). The zero-order valence-electron chi connectivity index (χ0n) is 7.94. The average Bonchev–Trinajstić information content (AvgIpc) is 2.14. The van der Waals surface area contributed by atoms with Crippen LogP contribution < -0.4 is 5.73 Å². The Morgan fingerprint density at radius 3 is 2.57 bits per heavy atom. The van der Waals surface area contributed by atoms with E-state index >= 15 is 0 Å². The minimum atomic E-state index is -0.787. The van der Waals surface area contributed by atoms with Gasteiger partial charge in [-0.1, -0.05) is 18.5 Å². The number of aromatic hydroxyl groups is 1. The molecule has 0 aliphatic rings. The van der Waals surface area contributed by atoms with Crippen LogP contribution in [0.1, 0.15) is 25.0 Å². The molecule has 0 aliphatic heterocycles. The summed E-state index contributed by atoms with van der Waals surface area (Å²) in [4.78, 5) is 0. The molecule has 3 nitrogen and oxygen atoms in total. The van der Waals surface area contributed by atoms with E-state index in [0.717, 1.165) is 0 Å². The Morgan fingerprint density at radius 1 is 1.43 bits per heavy atom. The molecule has 0 aromatic heterocycles. The molecule has 4 heteroatoms. The molecule has 2 atom stereocenters. The molecule has 78 valence electrons. The van der Waals surface area contributed by atoms with Gasteiger partial charge in [0.1, 0.15) is 5.75 Å². The monoisotopic (exact) mass is 215 g/mol. The minimum absolute atomic E-state index is 0.0369. The summed E-state index contributed by atoms with van der Waals surface area (Å²) in [5.41, 5.74) is 6.22. The van der Waals surface area contributed by atoms with E-state index in [0.29, 0.717) is 17.0 Å².